The van der Waals surface area contributed by atoms with Gasteiger partial charge < -0.3 is 4.90 Å². The van der Waals surface area contributed by atoms with Gasteiger partial charge in [-0.15, -0.1) is 0 Å². The van der Waals surface area contributed by atoms with E-state index >= 15 is 0 Å². The number of para-hydroxylation sites is 1. The number of anilines is 1. The van der Waals surface area contributed by atoms with Crippen LogP contribution in [0.2, 0.25) is 0 Å². The third kappa shape index (κ3) is 2.68. The number of nitro benzene ring substituents is 1. The molecule has 19 heavy (non-hydrogen) atoms. The maximum atomic E-state index is 13.6. The summed E-state index contributed by atoms with van der Waals surface area (Å²) in [5, 5.41) is 11.0. The van der Waals surface area contributed by atoms with Crippen LogP contribution in [0, 0.1) is 15.9 Å². The van der Waals surface area contributed by atoms with Gasteiger partial charge in [0.25, 0.3) is 0 Å². The molecule has 0 aromatic heterocycles. The summed E-state index contributed by atoms with van der Waals surface area (Å²) in [4.78, 5) is 14.6. The van der Waals surface area contributed by atoms with Crippen molar-refractivity contribution >= 4 is 11.4 Å². The minimum absolute atomic E-state index is 0.307. The van der Waals surface area contributed by atoms with Crippen LogP contribution < -0.4 is 4.90 Å². The minimum atomic E-state index is -0.770. The second kappa shape index (κ2) is 5.52. The van der Waals surface area contributed by atoms with Gasteiger partial charge in [-0.25, -0.2) is 0 Å². The molecule has 104 valence electrons. The van der Waals surface area contributed by atoms with E-state index in [1.165, 1.54) is 6.07 Å². The van der Waals surface area contributed by atoms with Crippen molar-refractivity contribution in [3.8, 4) is 0 Å². The van der Waals surface area contributed by atoms with Gasteiger partial charge in [0, 0.05) is 25.7 Å². The number of nitrogens with zero attached hydrogens (tertiary/aromatic N) is 3. The van der Waals surface area contributed by atoms with Gasteiger partial charge in [-0.1, -0.05) is 13.0 Å². The Kier molecular flexibility index (Phi) is 3.99. The van der Waals surface area contributed by atoms with Gasteiger partial charge in [-0.2, -0.15) is 4.39 Å². The highest BCUT2D eigenvalue weighted by Crippen LogP contribution is 2.32. The largest absolute Gasteiger partial charge is 0.363 e. The summed E-state index contributed by atoms with van der Waals surface area (Å²) in [5.74, 6) is -0.770. The first-order chi connectivity index (χ1) is 9.04. The zero-order valence-electron chi connectivity index (χ0n) is 11.2. The zero-order valence-corrected chi connectivity index (χ0v) is 11.2. The van der Waals surface area contributed by atoms with Crippen molar-refractivity contribution in [1.82, 2.24) is 4.90 Å². The van der Waals surface area contributed by atoms with E-state index in [4.69, 9.17) is 0 Å². The minimum Gasteiger partial charge on any atom is -0.363 e. The molecule has 0 amide bonds. The Morgan fingerprint density at radius 1 is 1.47 bits per heavy atom. The molecule has 1 aromatic rings. The van der Waals surface area contributed by atoms with Crippen LogP contribution in [0.3, 0.4) is 0 Å². The number of halogens is 1. The van der Waals surface area contributed by atoms with Crippen LogP contribution >= 0.6 is 0 Å². The van der Waals surface area contributed by atoms with Gasteiger partial charge in [-0.05, 0) is 25.6 Å². The van der Waals surface area contributed by atoms with Crippen molar-refractivity contribution in [1.29, 1.82) is 0 Å². The molecule has 2 rings (SSSR count). The second-order valence-electron chi connectivity index (χ2n) is 4.79. The Balaban J connectivity index is 2.28. The summed E-state index contributed by atoms with van der Waals surface area (Å²) in [7, 11) is 0. The van der Waals surface area contributed by atoms with E-state index in [9.17, 15) is 14.5 Å². The molecule has 1 heterocycles. The quantitative estimate of drug-likeness (QED) is 0.622. The van der Waals surface area contributed by atoms with Gasteiger partial charge in [0.15, 0.2) is 0 Å². The fourth-order valence-corrected chi connectivity index (χ4v) is 2.62. The molecular weight excluding hydrogens is 249 g/mol. The fourth-order valence-electron chi connectivity index (χ4n) is 2.62. The van der Waals surface area contributed by atoms with Crippen LogP contribution in [-0.4, -0.2) is 42.0 Å². The van der Waals surface area contributed by atoms with Gasteiger partial charge in [0.1, 0.15) is 5.69 Å². The maximum absolute atomic E-state index is 13.6. The first-order valence-electron chi connectivity index (χ1n) is 6.46. The lowest BCUT2D eigenvalue weighted by Crippen LogP contribution is -2.51. The highest BCUT2D eigenvalue weighted by Gasteiger charge is 2.29. The third-order valence-electron chi connectivity index (χ3n) is 3.66. The lowest BCUT2D eigenvalue weighted by molar-refractivity contribution is -0.386. The lowest BCUT2D eigenvalue weighted by atomic mass is 10.1. The molecule has 1 unspecified atom stereocenters. The van der Waals surface area contributed by atoms with E-state index in [0.29, 0.717) is 24.8 Å². The summed E-state index contributed by atoms with van der Waals surface area (Å²) >= 11 is 0. The lowest BCUT2D eigenvalue weighted by Gasteiger charge is -2.40. The van der Waals surface area contributed by atoms with Gasteiger partial charge in [0.2, 0.25) is 5.82 Å². The van der Waals surface area contributed by atoms with Crippen LogP contribution in [0.5, 0.6) is 0 Å². The van der Waals surface area contributed by atoms with E-state index in [-0.39, 0.29) is 0 Å². The summed E-state index contributed by atoms with van der Waals surface area (Å²) in [5.41, 5.74) is -0.0350. The highest BCUT2D eigenvalue weighted by molar-refractivity contribution is 5.64. The van der Waals surface area contributed by atoms with Crippen molar-refractivity contribution in [2.75, 3.05) is 31.1 Å². The Morgan fingerprint density at radius 3 is 2.79 bits per heavy atom. The van der Waals surface area contributed by atoms with Crippen LogP contribution in [0.1, 0.15) is 13.8 Å². The molecule has 0 bridgehead atoms. The van der Waals surface area contributed by atoms with Gasteiger partial charge >= 0.3 is 5.69 Å². The Hall–Kier alpha value is -1.69. The molecule has 1 aromatic carbocycles. The molecule has 0 N–H and O–H groups in total. The van der Waals surface area contributed by atoms with Crippen molar-refractivity contribution in [3.05, 3.63) is 34.1 Å². The predicted octanol–water partition coefficient (Wildman–Crippen LogP) is 2.26. The number of benzene rings is 1. The predicted molar refractivity (Wildman–Crippen MR) is 72.0 cm³/mol. The molecule has 1 atom stereocenters. The molecule has 6 heteroatoms. The van der Waals surface area contributed by atoms with Gasteiger partial charge in [0.05, 0.1) is 4.92 Å². The van der Waals surface area contributed by atoms with E-state index in [1.807, 2.05) is 4.90 Å². The second-order valence-corrected chi connectivity index (χ2v) is 4.79. The van der Waals surface area contributed by atoms with Crippen LogP contribution in [0.4, 0.5) is 15.8 Å². The molecule has 5 nitrogen and oxygen atoms in total. The summed E-state index contributed by atoms with van der Waals surface area (Å²) in [6.45, 7) is 7.34. The first-order valence-corrected chi connectivity index (χ1v) is 6.46. The van der Waals surface area contributed by atoms with E-state index in [2.05, 4.69) is 18.7 Å². The summed E-state index contributed by atoms with van der Waals surface area (Å²) < 4.78 is 13.6. The average molecular weight is 267 g/mol. The summed E-state index contributed by atoms with van der Waals surface area (Å²) in [6, 6.07) is 4.58. The summed E-state index contributed by atoms with van der Waals surface area (Å²) in [6.07, 6.45) is 0. The van der Waals surface area contributed by atoms with Crippen LogP contribution in [0.25, 0.3) is 0 Å². The molecule has 0 saturated carbocycles. The number of hydrogen-bond donors (Lipinski definition) is 0. The molecule has 0 radical (unpaired) electrons. The fraction of sp³-hybridized carbons (Fsp3) is 0.538. The van der Waals surface area contributed by atoms with E-state index in [0.717, 1.165) is 19.2 Å². The molecule has 1 aliphatic rings. The van der Waals surface area contributed by atoms with Crippen molar-refractivity contribution in [2.45, 2.75) is 19.9 Å². The number of rotatable bonds is 3. The smallest absolute Gasteiger partial charge is 0.327 e. The van der Waals surface area contributed by atoms with Crippen molar-refractivity contribution < 1.29 is 9.31 Å². The Morgan fingerprint density at radius 2 is 2.21 bits per heavy atom. The first kappa shape index (κ1) is 13.7. The van der Waals surface area contributed by atoms with Crippen molar-refractivity contribution in [2.24, 2.45) is 0 Å². The van der Waals surface area contributed by atoms with Crippen LogP contribution in [-0.2, 0) is 0 Å². The topological polar surface area (TPSA) is 49.6 Å². The van der Waals surface area contributed by atoms with Crippen LogP contribution in [0.15, 0.2) is 18.2 Å². The molecule has 1 aliphatic heterocycles. The standard InChI is InChI=1S/C13H18FN3O2/c1-3-15-7-8-16(9-10(15)2)12-6-4-5-11(14)13(12)17(18)19/h4-6,10H,3,7-9H2,1-2H3. The Bertz CT molecular complexity index is 481. The number of hydrogen-bond acceptors (Lipinski definition) is 4. The molecule has 1 saturated heterocycles. The average Bonchev–Trinajstić information content (AvgIpc) is 2.37. The molecule has 0 aliphatic carbocycles. The normalized spacial score (nSPS) is 20.6. The third-order valence-corrected chi connectivity index (χ3v) is 3.66. The van der Waals surface area contributed by atoms with Gasteiger partial charge in [-0.3, -0.25) is 15.0 Å². The molecular formula is C13H18FN3O2. The number of likely N-dealkylation sites (N-methyl/N-ethyl adjacent to an activating group) is 1. The number of piperazine rings is 1. The number of nitro groups is 1. The SMILES string of the molecule is CCN1CCN(c2cccc(F)c2[N+](=O)[O-])CC1C. The maximum Gasteiger partial charge on any atom is 0.327 e. The Labute approximate surface area is 111 Å². The monoisotopic (exact) mass is 267 g/mol. The van der Waals surface area contributed by atoms with E-state index < -0.39 is 16.4 Å². The molecule has 0 spiro atoms. The van der Waals surface area contributed by atoms with E-state index in [1.54, 1.807) is 6.07 Å². The molecule has 1 fully saturated rings. The zero-order chi connectivity index (χ0) is 14.0. The van der Waals surface area contributed by atoms with Crippen molar-refractivity contribution in [3.63, 3.8) is 0 Å². The highest BCUT2D eigenvalue weighted by atomic mass is 19.1.